The summed E-state index contributed by atoms with van der Waals surface area (Å²) in [6, 6.07) is 6.86. The first kappa shape index (κ1) is 18.0. The van der Waals surface area contributed by atoms with Gasteiger partial charge in [0.05, 0.1) is 6.42 Å². The topological polar surface area (TPSA) is 61.9 Å². The van der Waals surface area contributed by atoms with Crippen LogP contribution in [-0.2, 0) is 9.63 Å². The van der Waals surface area contributed by atoms with Crippen LogP contribution in [-0.4, -0.2) is 36.3 Å². The highest BCUT2D eigenvalue weighted by atomic mass is 35.5. The van der Waals surface area contributed by atoms with Gasteiger partial charge in [-0.1, -0.05) is 37.3 Å². The third-order valence-corrected chi connectivity index (χ3v) is 4.98. The quantitative estimate of drug-likeness (QED) is 0.827. The molecule has 1 aromatic carbocycles. The lowest BCUT2D eigenvalue weighted by molar-refractivity contribution is -0.134. The summed E-state index contributed by atoms with van der Waals surface area (Å²) in [7, 11) is 1.55. The fourth-order valence-electron chi connectivity index (χ4n) is 3.43. The third kappa shape index (κ3) is 4.44. The molecule has 0 radical (unpaired) electrons. The number of hydroxylamine groups is 2. The molecule has 1 atom stereocenters. The van der Waals surface area contributed by atoms with Crippen molar-refractivity contribution in [1.82, 2.24) is 10.4 Å². The predicted octanol–water partition coefficient (Wildman–Crippen LogP) is 3.70. The van der Waals surface area contributed by atoms with Crippen LogP contribution < -0.4 is 10.2 Å². The molecule has 1 saturated heterocycles. The van der Waals surface area contributed by atoms with E-state index in [1.54, 1.807) is 31.3 Å². The third-order valence-electron chi connectivity index (χ3n) is 4.73. The molecule has 25 heavy (non-hydrogen) atoms. The molecule has 3 amide bonds. The summed E-state index contributed by atoms with van der Waals surface area (Å²) in [5.74, 6) is -0.0843. The molecule has 1 aromatic rings. The fourth-order valence-corrected chi connectivity index (χ4v) is 3.55. The Bertz CT molecular complexity index is 614. The van der Waals surface area contributed by atoms with Gasteiger partial charge in [0, 0.05) is 23.8 Å². The number of amides is 3. The standard InChI is InChI=1S/C18H24ClN3O3/c1-21-18(24)22(15-10-8-13(19)9-11-15)17(25-21)12-16(23)20-14-6-4-2-3-5-7-14/h8-11,14,17H,2-7,12H2,1H3,(H,20,23)/t17-/m1/s1. The number of hydrogen-bond acceptors (Lipinski definition) is 3. The van der Waals surface area contributed by atoms with E-state index in [2.05, 4.69) is 5.32 Å². The lowest BCUT2D eigenvalue weighted by atomic mass is 10.1. The summed E-state index contributed by atoms with van der Waals surface area (Å²) in [5, 5.41) is 4.86. The van der Waals surface area contributed by atoms with E-state index in [0.29, 0.717) is 10.7 Å². The molecule has 1 N–H and O–H groups in total. The molecule has 0 spiro atoms. The number of nitrogens with one attached hydrogen (secondary N) is 1. The predicted molar refractivity (Wildman–Crippen MR) is 96.2 cm³/mol. The van der Waals surface area contributed by atoms with Gasteiger partial charge >= 0.3 is 6.03 Å². The van der Waals surface area contributed by atoms with Crippen LogP contribution in [0.1, 0.15) is 44.9 Å². The molecule has 3 rings (SSSR count). The number of anilines is 1. The van der Waals surface area contributed by atoms with Gasteiger partial charge < -0.3 is 5.32 Å². The molecule has 0 aromatic heterocycles. The van der Waals surface area contributed by atoms with Crippen molar-refractivity contribution in [3.8, 4) is 0 Å². The lowest BCUT2D eigenvalue weighted by Crippen LogP contribution is -2.41. The maximum atomic E-state index is 12.5. The average Bonchev–Trinajstić information content (AvgIpc) is 2.76. The van der Waals surface area contributed by atoms with E-state index < -0.39 is 6.23 Å². The van der Waals surface area contributed by atoms with Crippen LogP contribution in [0.5, 0.6) is 0 Å². The van der Waals surface area contributed by atoms with Crippen LogP contribution in [0.25, 0.3) is 0 Å². The normalized spacial score (nSPS) is 22.2. The second-order valence-electron chi connectivity index (χ2n) is 6.65. The summed E-state index contributed by atoms with van der Waals surface area (Å²) < 4.78 is 0. The summed E-state index contributed by atoms with van der Waals surface area (Å²) in [6.07, 6.45) is 6.29. The van der Waals surface area contributed by atoms with Gasteiger partial charge in [-0.25, -0.2) is 14.7 Å². The number of rotatable bonds is 4. The van der Waals surface area contributed by atoms with Gasteiger partial charge in [0.2, 0.25) is 5.91 Å². The van der Waals surface area contributed by atoms with Crippen molar-refractivity contribution in [2.75, 3.05) is 11.9 Å². The molecule has 2 aliphatic rings. The van der Waals surface area contributed by atoms with Crippen molar-refractivity contribution in [2.45, 2.75) is 57.2 Å². The molecule has 7 heteroatoms. The second-order valence-corrected chi connectivity index (χ2v) is 7.08. The minimum Gasteiger partial charge on any atom is -0.353 e. The molecular weight excluding hydrogens is 342 g/mol. The number of hydrogen-bond donors (Lipinski definition) is 1. The summed E-state index contributed by atoms with van der Waals surface area (Å²) in [5.41, 5.74) is 0.658. The van der Waals surface area contributed by atoms with Crippen molar-refractivity contribution in [3.63, 3.8) is 0 Å². The minimum atomic E-state index is -0.649. The number of halogens is 1. The van der Waals surface area contributed by atoms with Gasteiger partial charge in [-0.2, -0.15) is 0 Å². The Morgan fingerprint density at radius 1 is 1.20 bits per heavy atom. The molecule has 136 valence electrons. The van der Waals surface area contributed by atoms with Crippen LogP contribution in [0.2, 0.25) is 5.02 Å². The smallest absolute Gasteiger partial charge is 0.350 e. The molecule has 6 nitrogen and oxygen atoms in total. The Balaban J connectivity index is 1.65. The Kier molecular flexibility index (Phi) is 5.81. The number of carbonyl (C=O) groups is 2. The zero-order valence-corrected chi connectivity index (χ0v) is 15.2. The van der Waals surface area contributed by atoms with Crippen LogP contribution in [0.15, 0.2) is 24.3 Å². The van der Waals surface area contributed by atoms with E-state index in [9.17, 15) is 9.59 Å². The Morgan fingerprint density at radius 3 is 2.48 bits per heavy atom. The Hall–Kier alpha value is -1.79. The molecule has 1 aliphatic carbocycles. The Labute approximate surface area is 153 Å². The number of benzene rings is 1. The van der Waals surface area contributed by atoms with Gasteiger partial charge in [-0.05, 0) is 37.1 Å². The Morgan fingerprint density at radius 2 is 1.84 bits per heavy atom. The van der Waals surface area contributed by atoms with Crippen molar-refractivity contribution in [2.24, 2.45) is 0 Å². The highest BCUT2D eigenvalue weighted by Crippen LogP contribution is 2.28. The summed E-state index contributed by atoms with van der Waals surface area (Å²) >= 11 is 5.92. The van der Waals surface area contributed by atoms with E-state index in [1.165, 1.54) is 17.7 Å². The summed E-state index contributed by atoms with van der Waals surface area (Å²) in [4.78, 5) is 31.9. The summed E-state index contributed by atoms with van der Waals surface area (Å²) in [6.45, 7) is 0. The van der Waals surface area contributed by atoms with Crippen LogP contribution in [0, 0.1) is 0 Å². The van der Waals surface area contributed by atoms with Crippen molar-refractivity contribution < 1.29 is 14.4 Å². The van der Waals surface area contributed by atoms with Crippen molar-refractivity contribution >= 4 is 29.2 Å². The second kappa shape index (κ2) is 8.06. The molecular formula is C18H24ClN3O3. The van der Waals surface area contributed by atoms with Gasteiger partial charge in [0.15, 0.2) is 6.23 Å². The SMILES string of the molecule is CN1O[C@H](CC(=O)NC2CCCCCC2)N(c2ccc(Cl)cc2)C1=O. The molecule has 2 fully saturated rings. The molecule has 0 bridgehead atoms. The maximum Gasteiger partial charge on any atom is 0.350 e. The van der Waals surface area contributed by atoms with E-state index in [-0.39, 0.29) is 24.4 Å². The molecule has 1 aliphatic heterocycles. The molecule has 0 unspecified atom stereocenters. The van der Waals surface area contributed by atoms with Crippen LogP contribution in [0.4, 0.5) is 10.5 Å². The van der Waals surface area contributed by atoms with E-state index >= 15 is 0 Å². The zero-order valence-electron chi connectivity index (χ0n) is 14.4. The largest absolute Gasteiger partial charge is 0.353 e. The lowest BCUT2D eigenvalue weighted by Gasteiger charge is -2.22. The highest BCUT2D eigenvalue weighted by molar-refractivity contribution is 6.30. The molecule has 1 heterocycles. The first-order valence-electron chi connectivity index (χ1n) is 8.83. The number of nitrogens with zero attached hydrogens (tertiary/aromatic N) is 2. The average molecular weight is 366 g/mol. The van der Waals surface area contributed by atoms with E-state index in [1.807, 2.05) is 0 Å². The van der Waals surface area contributed by atoms with Crippen LogP contribution >= 0.6 is 11.6 Å². The highest BCUT2D eigenvalue weighted by Gasteiger charge is 2.39. The van der Waals surface area contributed by atoms with Gasteiger partial charge in [-0.15, -0.1) is 0 Å². The van der Waals surface area contributed by atoms with Crippen LogP contribution in [0.3, 0.4) is 0 Å². The number of carbonyl (C=O) groups excluding carboxylic acids is 2. The molecule has 1 saturated carbocycles. The fraction of sp³-hybridized carbons (Fsp3) is 0.556. The van der Waals surface area contributed by atoms with Crippen molar-refractivity contribution in [1.29, 1.82) is 0 Å². The maximum absolute atomic E-state index is 12.5. The van der Waals surface area contributed by atoms with E-state index in [4.69, 9.17) is 16.4 Å². The van der Waals surface area contributed by atoms with Gasteiger partial charge in [-0.3, -0.25) is 9.69 Å². The van der Waals surface area contributed by atoms with E-state index in [0.717, 1.165) is 30.7 Å². The number of urea groups is 1. The zero-order chi connectivity index (χ0) is 17.8. The first-order valence-corrected chi connectivity index (χ1v) is 9.21. The monoisotopic (exact) mass is 365 g/mol. The first-order chi connectivity index (χ1) is 12.0. The van der Waals surface area contributed by atoms with Gasteiger partial charge in [0.25, 0.3) is 0 Å². The van der Waals surface area contributed by atoms with Crippen molar-refractivity contribution in [3.05, 3.63) is 29.3 Å². The van der Waals surface area contributed by atoms with Gasteiger partial charge in [0.1, 0.15) is 0 Å². The minimum absolute atomic E-state index is 0.0843.